The minimum absolute atomic E-state index is 0.156. The lowest BCUT2D eigenvalue weighted by Crippen LogP contribution is -2.50. The van der Waals surface area contributed by atoms with Gasteiger partial charge in [0.2, 0.25) is 5.91 Å². The molecule has 2 N–H and O–H groups in total. The normalized spacial score (nSPS) is 16.6. The molecule has 0 heterocycles. The van der Waals surface area contributed by atoms with Gasteiger partial charge in [-0.2, -0.15) is 0 Å². The van der Waals surface area contributed by atoms with E-state index in [0.29, 0.717) is 12.8 Å². The third kappa shape index (κ3) is 3.00. The molecule has 1 amide bonds. The molecule has 0 aliphatic heterocycles. The number of carboxylic acid groups (broad SMARTS) is 1. The summed E-state index contributed by atoms with van der Waals surface area (Å²) in [7, 11) is 0. The summed E-state index contributed by atoms with van der Waals surface area (Å²) in [6.07, 6.45) is 1.39. The topological polar surface area (TPSA) is 66.4 Å². The second kappa shape index (κ2) is 5.27. The number of fused-ring (bicyclic) bond motifs is 1. The van der Waals surface area contributed by atoms with Gasteiger partial charge in [0.15, 0.2) is 0 Å². The maximum absolute atomic E-state index is 12.3. The van der Waals surface area contributed by atoms with Crippen LogP contribution in [0, 0.1) is 11.3 Å². The molecule has 1 aromatic rings. The van der Waals surface area contributed by atoms with Gasteiger partial charge in [0.25, 0.3) is 0 Å². The Morgan fingerprint density at radius 2 is 1.70 bits per heavy atom. The van der Waals surface area contributed by atoms with Gasteiger partial charge in [-0.3, -0.25) is 4.79 Å². The number of benzene rings is 1. The Morgan fingerprint density at radius 3 is 2.10 bits per heavy atom. The van der Waals surface area contributed by atoms with Gasteiger partial charge in [-0.25, -0.2) is 4.79 Å². The quantitative estimate of drug-likeness (QED) is 0.887. The molecule has 1 unspecified atom stereocenters. The number of carboxylic acids is 1. The number of aliphatic carboxylic acids is 1. The second-order valence-corrected chi connectivity index (χ2v) is 6.52. The summed E-state index contributed by atoms with van der Waals surface area (Å²) >= 11 is 0. The van der Waals surface area contributed by atoms with Gasteiger partial charge in [0.05, 0.1) is 0 Å². The fourth-order valence-corrected chi connectivity index (χ4v) is 2.65. The van der Waals surface area contributed by atoms with E-state index >= 15 is 0 Å². The Labute approximate surface area is 119 Å². The zero-order valence-corrected chi connectivity index (χ0v) is 12.1. The Morgan fingerprint density at radius 1 is 1.20 bits per heavy atom. The highest BCUT2D eigenvalue weighted by Gasteiger charge is 2.35. The molecule has 2 rings (SSSR count). The van der Waals surface area contributed by atoms with Crippen molar-refractivity contribution in [2.24, 2.45) is 11.3 Å². The number of hydrogen-bond donors (Lipinski definition) is 2. The van der Waals surface area contributed by atoms with Gasteiger partial charge < -0.3 is 10.4 Å². The number of carbonyl (C=O) groups excluding carboxylic acids is 1. The van der Waals surface area contributed by atoms with E-state index in [2.05, 4.69) is 5.32 Å². The van der Waals surface area contributed by atoms with Crippen molar-refractivity contribution in [3.05, 3.63) is 35.4 Å². The monoisotopic (exact) mass is 275 g/mol. The number of rotatable bonds is 3. The lowest BCUT2D eigenvalue weighted by molar-refractivity contribution is -0.145. The molecule has 108 valence electrons. The van der Waals surface area contributed by atoms with Gasteiger partial charge >= 0.3 is 5.97 Å². The summed E-state index contributed by atoms with van der Waals surface area (Å²) in [4.78, 5) is 23.6. The summed E-state index contributed by atoms with van der Waals surface area (Å²) in [6.45, 7) is 5.44. The maximum Gasteiger partial charge on any atom is 0.326 e. The Bertz CT molecular complexity index is 506. The highest BCUT2D eigenvalue weighted by atomic mass is 16.4. The van der Waals surface area contributed by atoms with E-state index < -0.39 is 17.4 Å². The first-order chi connectivity index (χ1) is 9.29. The minimum atomic E-state index is -0.985. The highest BCUT2D eigenvalue weighted by molar-refractivity contribution is 5.86. The zero-order chi connectivity index (χ0) is 14.9. The first-order valence-electron chi connectivity index (χ1n) is 6.89. The van der Waals surface area contributed by atoms with Crippen LogP contribution in [0.15, 0.2) is 24.3 Å². The smallest absolute Gasteiger partial charge is 0.326 e. The van der Waals surface area contributed by atoms with Crippen LogP contribution >= 0.6 is 0 Å². The molecule has 1 aromatic carbocycles. The molecule has 0 saturated heterocycles. The molecule has 1 aliphatic carbocycles. The van der Waals surface area contributed by atoms with E-state index in [-0.39, 0.29) is 11.8 Å². The van der Waals surface area contributed by atoms with Crippen LogP contribution in [0.5, 0.6) is 0 Å². The molecule has 4 heteroatoms. The third-order valence-corrected chi connectivity index (χ3v) is 3.82. The Kier molecular flexibility index (Phi) is 3.84. The van der Waals surface area contributed by atoms with Crippen molar-refractivity contribution in [3.8, 4) is 0 Å². The van der Waals surface area contributed by atoms with Gasteiger partial charge in [0, 0.05) is 5.92 Å². The first kappa shape index (κ1) is 14.6. The van der Waals surface area contributed by atoms with Gasteiger partial charge in [-0.1, -0.05) is 45.0 Å². The number of amides is 1. The van der Waals surface area contributed by atoms with E-state index in [9.17, 15) is 14.7 Å². The van der Waals surface area contributed by atoms with E-state index in [0.717, 1.165) is 0 Å². The van der Waals surface area contributed by atoms with Crippen molar-refractivity contribution in [2.45, 2.75) is 39.7 Å². The van der Waals surface area contributed by atoms with Crippen LogP contribution in [0.25, 0.3) is 0 Å². The molecule has 0 aromatic heterocycles. The summed E-state index contributed by atoms with van der Waals surface area (Å²) < 4.78 is 0. The van der Waals surface area contributed by atoms with Crippen LogP contribution in [0.3, 0.4) is 0 Å². The molecular weight excluding hydrogens is 254 g/mol. The van der Waals surface area contributed by atoms with E-state index in [1.165, 1.54) is 11.1 Å². The molecule has 0 spiro atoms. The summed E-state index contributed by atoms with van der Waals surface area (Å²) in [6, 6.07) is 7.13. The van der Waals surface area contributed by atoms with Gasteiger partial charge in [-0.05, 0) is 29.4 Å². The van der Waals surface area contributed by atoms with Crippen LogP contribution in [0.4, 0.5) is 0 Å². The fourth-order valence-electron chi connectivity index (χ4n) is 2.65. The van der Waals surface area contributed by atoms with Crippen molar-refractivity contribution >= 4 is 11.9 Å². The largest absolute Gasteiger partial charge is 0.480 e. The SMILES string of the molecule is CC(C)(C)C(NC(=O)C1Cc2ccccc2C1)C(=O)O. The van der Waals surface area contributed by atoms with Crippen LogP contribution in [0.2, 0.25) is 0 Å². The highest BCUT2D eigenvalue weighted by Crippen LogP contribution is 2.27. The fraction of sp³-hybridized carbons (Fsp3) is 0.500. The van der Waals surface area contributed by atoms with Crippen LogP contribution in [-0.4, -0.2) is 23.0 Å². The number of nitrogens with one attached hydrogen (secondary N) is 1. The van der Waals surface area contributed by atoms with Crippen LogP contribution in [-0.2, 0) is 22.4 Å². The molecule has 1 atom stereocenters. The van der Waals surface area contributed by atoms with Gasteiger partial charge in [0.1, 0.15) is 6.04 Å². The van der Waals surface area contributed by atoms with E-state index in [4.69, 9.17) is 0 Å². The van der Waals surface area contributed by atoms with Gasteiger partial charge in [-0.15, -0.1) is 0 Å². The third-order valence-electron chi connectivity index (χ3n) is 3.82. The first-order valence-corrected chi connectivity index (χ1v) is 6.89. The van der Waals surface area contributed by atoms with Crippen LogP contribution < -0.4 is 5.32 Å². The second-order valence-electron chi connectivity index (χ2n) is 6.52. The molecule has 0 bridgehead atoms. The lowest BCUT2D eigenvalue weighted by Gasteiger charge is -2.28. The van der Waals surface area contributed by atoms with Crippen molar-refractivity contribution in [2.75, 3.05) is 0 Å². The lowest BCUT2D eigenvalue weighted by atomic mass is 9.86. The number of hydrogen-bond acceptors (Lipinski definition) is 2. The predicted octanol–water partition coefficient (Wildman–Crippen LogP) is 2.02. The summed E-state index contributed by atoms with van der Waals surface area (Å²) in [5.74, 6) is -1.30. The molecule has 0 radical (unpaired) electrons. The molecule has 0 fully saturated rings. The Balaban J connectivity index is 2.05. The van der Waals surface area contributed by atoms with E-state index in [1.54, 1.807) is 0 Å². The summed E-state index contributed by atoms with van der Waals surface area (Å²) in [5.41, 5.74) is 1.87. The molecular formula is C16H21NO3. The standard InChI is InChI=1S/C16H21NO3/c1-16(2,3)13(15(19)20)17-14(18)12-8-10-6-4-5-7-11(10)9-12/h4-7,12-13H,8-9H2,1-3H3,(H,17,18)(H,19,20). The average Bonchev–Trinajstić information content (AvgIpc) is 2.77. The van der Waals surface area contributed by atoms with Crippen molar-refractivity contribution < 1.29 is 14.7 Å². The maximum atomic E-state index is 12.3. The minimum Gasteiger partial charge on any atom is -0.480 e. The molecule has 4 nitrogen and oxygen atoms in total. The van der Waals surface area contributed by atoms with E-state index in [1.807, 2.05) is 45.0 Å². The average molecular weight is 275 g/mol. The van der Waals surface area contributed by atoms with Crippen molar-refractivity contribution in [3.63, 3.8) is 0 Å². The number of carbonyl (C=O) groups is 2. The van der Waals surface area contributed by atoms with Crippen LogP contribution in [0.1, 0.15) is 31.9 Å². The Hall–Kier alpha value is -1.84. The van der Waals surface area contributed by atoms with Crippen molar-refractivity contribution in [1.29, 1.82) is 0 Å². The molecule has 1 aliphatic rings. The molecule has 0 saturated carbocycles. The van der Waals surface area contributed by atoms with Crippen molar-refractivity contribution in [1.82, 2.24) is 5.32 Å². The summed E-state index contributed by atoms with van der Waals surface area (Å²) in [5, 5.41) is 12.0. The zero-order valence-electron chi connectivity index (χ0n) is 12.1. The molecule has 20 heavy (non-hydrogen) atoms. The predicted molar refractivity (Wildman–Crippen MR) is 76.4 cm³/mol.